The van der Waals surface area contributed by atoms with Crippen LogP contribution in [-0.4, -0.2) is 30.1 Å². The molecule has 132 valence electrons. The van der Waals surface area contributed by atoms with E-state index in [0.29, 0.717) is 11.3 Å². The summed E-state index contributed by atoms with van der Waals surface area (Å²) in [6.45, 7) is 3.50. The van der Waals surface area contributed by atoms with Gasteiger partial charge in [0.05, 0.1) is 12.5 Å². The lowest BCUT2D eigenvalue weighted by atomic mass is 9.82. The zero-order valence-corrected chi connectivity index (χ0v) is 14.7. The van der Waals surface area contributed by atoms with Crippen molar-refractivity contribution in [1.82, 2.24) is 5.32 Å². The molecule has 0 heterocycles. The van der Waals surface area contributed by atoms with Gasteiger partial charge in [-0.25, -0.2) is 4.79 Å². The van der Waals surface area contributed by atoms with Gasteiger partial charge in [-0.1, -0.05) is 48.5 Å². The lowest BCUT2D eigenvalue weighted by Crippen LogP contribution is -2.49. The molecule has 0 bridgehead atoms. The van der Waals surface area contributed by atoms with Crippen LogP contribution in [0.5, 0.6) is 5.75 Å². The van der Waals surface area contributed by atoms with Crippen LogP contribution in [0.25, 0.3) is 0 Å². The largest absolute Gasteiger partial charge is 0.496 e. The van der Waals surface area contributed by atoms with Crippen LogP contribution in [0.3, 0.4) is 0 Å². The molecule has 25 heavy (non-hydrogen) atoms. The average molecular weight is 341 g/mol. The van der Waals surface area contributed by atoms with Crippen molar-refractivity contribution < 1.29 is 19.4 Å². The zero-order valence-electron chi connectivity index (χ0n) is 14.7. The Morgan fingerprint density at radius 2 is 1.68 bits per heavy atom. The lowest BCUT2D eigenvalue weighted by molar-refractivity contribution is -0.142. The molecule has 1 unspecified atom stereocenters. The Hall–Kier alpha value is -2.82. The van der Waals surface area contributed by atoms with E-state index in [0.717, 1.165) is 5.56 Å². The van der Waals surface area contributed by atoms with Crippen LogP contribution in [0.15, 0.2) is 54.6 Å². The average Bonchev–Trinajstić information content (AvgIpc) is 2.61. The van der Waals surface area contributed by atoms with E-state index >= 15 is 0 Å². The molecule has 1 atom stereocenters. The van der Waals surface area contributed by atoms with E-state index in [2.05, 4.69) is 5.32 Å². The van der Waals surface area contributed by atoms with Gasteiger partial charge >= 0.3 is 5.97 Å². The van der Waals surface area contributed by atoms with E-state index in [1.807, 2.05) is 48.5 Å². The number of carbonyl (C=O) groups excluding carboxylic acids is 1. The molecule has 0 aliphatic carbocycles. The van der Waals surface area contributed by atoms with Gasteiger partial charge in [-0.05, 0) is 25.5 Å². The number of hydrogen-bond acceptors (Lipinski definition) is 3. The van der Waals surface area contributed by atoms with Crippen LogP contribution in [-0.2, 0) is 21.4 Å². The van der Waals surface area contributed by atoms with E-state index in [1.165, 1.54) is 0 Å². The third-order valence-electron chi connectivity index (χ3n) is 4.23. The fourth-order valence-electron chi connectivity index (χ4n) is 2.67. The molecule has 1 amide bonds. The quantitative estimate of drug-likeness (QED) is 0.812. The Bertz CT molecular complexity index is 740. The molecular weight excluding hydrogens is 318 g/mol. The summed E-state index contributed by atoms with van der Waals surface area (Å²) >= 11 is 0. The fraction of sp³-hybridized carbons (Fsp3) is 0.300. The molecule has 2 N–H and O–H groups in total. The summed E-state index contributed by atoms with van der Waals surface area (Å²) in [5.74, 6) is -0.828. The van der Waals surface area contributed by atoms with Crippen molar-refractivity contribution in [3.05, 3.63) is 65.7 Å². The second kappa shape index (κ2) is 7.83. The van der Waals surface area contributed by atoms with Crippen LogP contribution in [0, 0.1) is 0 Å². The number of hydrogen-bond donors (Lipinski definition) is 2. The molecule has 5 heteroatoms. The maximum absolute atomic E-state index is 12.8. The highest BCUT2D eigenvalue weighted by molar-refractivity contribution is 5.91. The summed E-state index contributed by atoms with van der Waals surface area (Å²) in [7, 11) is 1.54. The van der Waals surface area contributed by atoms with Crippen LogP contribution < -0.4 is 10.1 Å². The number of benzene rings is 2. The van der Waals surface area contributed by atoms with Crippen molar-refractivity contribution in [2.75, 3.05) is 7.11 Å². The molecule has 0 saturated heterocycles. The van der Waals surface area contributed by atoms with Gasteiger partial charge < -0.3 is 15.2 Å². The lowest BCUT2D eigenvalue weighted by Gasteiger charge is -2.28. The molecule has 0 saturated carbocycles. The molecule has 0 aliphatic rings. The minimum atomic E-state index is -1.06. The maximum Gasteiger partial charge on any atom is 0.326 e. The SMILES string of the molecule is COc1ccccc1C(C)(C)C(=O)NC(Cc1ccccc1)C(=O)O. The summed E-state index contributed by atoms with van der Waals surface area (Å²) in [6.07, 6.45) is 0.226. The monoisotopic (exact) mass is 341 g/mol. The zero-order chi connectivity index (χ0) is 18.4. The van der Waals surface area contributed by atoms with E-state index in [-0.39, 0.29) is 12.3 Å². The van der Waals surface area contributed by atoms with Gasteiger partial charge in [0.25, 0.3) is 0 Å². The number of methoxy groups -OCH3 is 1. The first kappa shape index (κ1) is 18.5. The van der Waals surface area contributed by atoms with Gasteiger partial charge in [0, 0.05) is 12.0 Å². The highest BCUT2D eigenvalue weighted by atomic mass is 16.5. The first-order chi connectivity index (χ1) is 11.9. The first-order valence-corrected chi connectivity index (χ1v) is 8.07. The van der Waals surface area contributed by atoms with Crippen LogP contribution in [0.4, 0.5) is 0 Å². The molecular formula is C20H23NO4. The van der Waals surface area contributed by atoms with Gasteiger partial charge in [0.2, 0.25) is 5.91 Å². The van der Waals surface area contributed by atoms with E-state index in [1.54, 1.807) is 27.0 Å². The third kappa shape index (κ3) is 4.38. The van der Waals surface area contributed by atoms with Crippen molar-refractivity contribution in [3.8, 4) is 5.75 Å². The number of carbonyl (C=O) groups is 2. The van der Waals surface area contributed by atoms with Crippen molar-refractivity contribution in [2.45, 2.75) is 31.7 Å². The number of carboxylic acid groups (broad SMARTS) is 1. The van der Waals surface area contributed by atoms with Gasteiger partial charge in [0.15, 0.2) is 0 Å². The molecule has 0 fully saturated rings. The highest BCUT2D eigenvalue weighted by Gasteiger charge is 2.35. The molecule has 0 aromatic heterocycles. The second-order valence-corrected chi connectivity index (χ2v) is 6.38. The fourth-order valence-corrected chi connectivity index (χ4v) is 2.67. The van der Waals surface area contributed by atoms with Gasteiger partial charge in [0.1, 0.15) is 11.8 Å². The summed E-state index contributed by atoms with van der Waals surface area (Å²) in [5, 5.41) is 12.1. The Kier molecular flexibility index (Phi) is 5.80. The minimum Gasteiger partial charge on any atom is -0.496 e. The molecule has 5 nitrogen and oxygen atoms in total. The smallest absolute Gasteiger partial charge is 0.326 e. The standard InChI is InChI=1S/C20H23NO4/c1-20(2,15-11-7-8-12-17(15)25-3)19(24)21-16(18(22)23)13-14-9-5-4-6-10-14/h4-12,16H,13H2,1-3H3,(H,21,24)(H,22,23). The molecule has 0 radical (unpaired) electrons. The highest BCUT2D eigenvalue weighted by Crippen LogP contribution is 2.31. The molecule has 2 aromatic carbocycles. The molecule has 2 aromatic rings. The van der Waals surface area contributed by atoms with Crippen LogP contribution in [0.2, 0.25) is 0 Å². The van der Waals surface area contributed by atoms with Crippen molar-refractivity contribution in [2.24, 2.45) is 0 Å². The number of amides is 1. The van der Waals surface area contributed by atoms with E-state index in [4.69, 9.17) is 4.74 Å². The number of nitrogens with one attached hydrogen (secondary N) is 1. The Labute approximate surface area is 147 Å². The summed E-state index contributed by atoms with van der Waals surface area (Å²) in [4.78, 5) is 24.4. The topological polar surface area (TPSA) is 75.6 Å². The number of aliphatic carboxylic acids is 1. The minimum absolute atomic E-state index is 0.226. The van der Waals surface area contributed by atoms with Crippen molar-refractivity contribution in [1.29, 1.82) is 0 Å². The summed E-state index contributed by atoms with van der Waals surface area (Å²) in [6, 6.07) is 15.5. The number of ether oxygens (including phenoxy) is 1. The van der Waals surface area contributed by atoms with Crippen LogP contribution >= 0.6 is 0 Å². The van der Waals surface area contributed by atoms with Crippen LogP contribution in [0.1, 0.15) is 25.0 Å². The Morgan fingerprint density at radius 3 is 2.28 bits per heavy atom. The second-order valence-electron chi connectivity index (χ2n) is 6.38. The summed E-state index contributed by atoms with van der Waals surface area (Å²) in [5.41, 5.74) is 0.626. The molecule has 2 rings (SSSR count). The number of para-hydroxylation sites is 1. The van der Waals surface area contributed by atoms with Gasteiger partial charge in [-0.15, -0.1) is 0 Å². The molecule has 0 aliphatic heterocycles. The van der Waals surface area contributed by atoms with E-state index in [9.17, 15) is 14.7 Å². The number of rotatable bonds is 7. The summed E-state index contributed by atoms with van der Waals surface area (Å²) < 4.78 is 5.33. The van der Waals surface area contributed by atoms with Crippen molar-refractivity contribution in [3.63, 3.8) is 0 Å². The van der Waals surface area contributed by atoms with Gasteiger partial charge in [-0.3, -0.25) is 4.79 Å². The predicted molar refractivity (Wildman–Crippen MR) is 95.7 cm³/mol. The molecule has 0 spiro atoms. The predicted octanol–water partition coefficient (Wildman–Crippen LogP) is 2.78. The van der Waals surface area contributed by atoms with E-state index < -0.39 is 17.4 Å². The Balaban J connectivity index is 2.21. The maximum atomic E-state index is 12.8. The number of carboxylic acids is 1. The van der Waals surface area contributed by atoms with Crippen molar-refractivity contribution >= 4 is 11.9 Å². The Morgan fingerprint density at radius 1 is 1.08 bits per heavy atom. The third-order valence-corrected chi connectivity index (χ3v) is 4.23. The van der Waals surface area contributed by atoms with Gasteiger partial charge in [-0.2, -0.15) is 0 Å². The normalized spacial score (nSPS) is 12.3. The first-order valence-electron chi connectivity index (χ1n) is 8.07.